The quantitative estimate of drug-likeness (QED) is 0.692. The number of hydrogen-bond donors (Lipinski definition) is 1. The molecule has 54 valence electrons. The van der Waals surface area contributed by atoms with Crippen molar-refractivity contribution in [3.63, 3.8) is 0 Å². The minimum Gasteiger partial charge on any atom is -0.325 e. The van der Waals surface area contributed by atoms with E-state index in [1.54, 1.807) is 11.3 Å². The van der Waals surface area contributed by atoms with Gasteiger partial charge in [0.15, 0.2) is 0 Å². The van der Waals surface area contributed by atoms with Crippen LogP contribution >= 0.6 is 11.3 Å². The SMILES string of the molecule is C[C@@H](N)/C=C/c1cccs1. The van der Waals surface area contributed by atoms with Crippen molar-refractivity contribution >= 4 is 17.4 Å². The molecule has 1 atom stereocenters. The van der Waals surface area contributed by atoms with Crippen molar-refractivity contribution in [2.75, 3.05) is 0 Å². The third-order valence-corrected chi connectivity index (χ3v) is 1.94. The number of nitrogens with two attached hydrogens (primary N) is 1. The van der Waals surface area contributed by atoms with E-state index in [0.717, 1.165) is 0 Å². The van der Waals surface area contributed by atoms with Crippen LogP contribution < -0.4 is 5.73 Å². The van der Waals surface area contributed by atoms with Crippen LogP contribution in [-0.2, 0) is 0 Å². The van der Waals surface area contributed by atoms with E-state index >= 15 is 0 Å². The monoisotopic (exact) mass is 153 g/mol. The summed E-state index contributed by atoms with van der Waals surface area (Å²) in [6.07, 6.45) is 4.04. The summed E-state index contributed by atoms with van der Waals surface area (Å²) in [4.78, 5) is 1.26. The molecule has 1 aromatic heterocycles. The summed E-state index contributed by atoms with van der Waals surface area (Å²) in [5.41, 5.74) is 5.53. The normalized spacial score (nSPS) is 14.2. The Balaban J connectivity index is 2.55. The molecule has 0 aromatic carbocycles. The van der Waals surface area contributed by atoms with Gasteiger partial charge in [0.25, 0.3) is 0 Å². The van der Waals surface area contributed by atoms with Gasteiger partial charge >= 0.3 is 0 Å². The van der Waals surface area contributed by atoms with E-state index < -0.39 is 0 Å². The Morgan fingerprint density at radius 3 is 3.00 bits per heavy atom. The first kappa shape index (κ1) is 7.51. The van der Waals surface area contributed by atoms with Gasteiger partial charge in [0, 0.05) is 10.9 Å². The fraction of sp³-hybridized carbons (Fsp3) is 0.250. The van der Waals surface area contributed by atoms with Crippen LogP contribution in [0, 0.1) is 0 Å². The molecule has 0 amide bonds. The predicted octanol–water partition coefficient (Wildman–Crippen LogP) is 2.11. The topological polar surface area (TPSA) is 26.0 Å². The average molecular weight is 153 g/mol. The first-order valence-electron chi connectivity index (χ1n) is 3.26. The van der Waals surface area contributed by atoms with E-state index in [2.05, 4.69) is 17.5 Å². The van der Waals surface area contributed by atoms with Gasteiger partial charge in [-0.25, -0.2) is 0 Å². The van der Waals surface area contributed by atoms with Gasteiger partial charge in [-0.2, -0.15) is 0 Å². The van der Waals surface area contributed by atoms with Crippen molar-refractivity contribution < 1.29 is 0 Å². The fourth-order valence-corrected chi connectivity index (χ4v) is 1.26. The van der Waals surface area contributed by atoms with E-state index in [9.17, 15) is 0 Å². The summed E-state index contributed by atoms with van der Waals surface area (Å²) in [6, 6.07) is 4.26. The lowest BCUT2D eigenvalue weighted by atomic mass is 10.3. The Kier molecular flexibility index (Phi) is 2.66. The summed E-state index contributed by atoms with van der Waals surface area (Å²) in [5.74, 6) is 0. The smallest absolute Gasteiger partial charge is 0.0267 e. The molecule has 0 saturated carbocycles. The highest BCUT2D eigenvalue weighted by Crippen LogP contribution is 2.09. The second kappa shape index (κ2) is 3.54. The van der Waals surface area contributed by atoms with E-state index in [-0.39, 0.29) is 6.04 Å². The summed E-state index contributed by atoms with van der Waals surface area (Å²) in [7, 11) is 0. The van der Waals surface area contributed by atoms with Crippen LogP contribution in [0.5, 0.6) is 0 Å². The largest absolute Gasteiger partial charge is 0.325 e. The van der Waals surface area contributed by atoms with Crippen molar-refractivity contribution in [3.8, 4) is 0 Å². The van der Waals surface area contributed by atoms with Crippen LogP contribution in [0.1, 0.15) is 11.8 Å². The maximum absolute atomic E-state index is 5.53. The highest BCUT2D eigenvalue weighted by atomic mass is 32.1. The minimum atomic E-state index is 0.155. The Morgan fingerprint density at radius 1 is 1.70 bits per heavy atom. The predicted molar refractivity (Wildman–Crippen MR) is 47.0 cm³/mol. The summed E-state index contributed by atoms with van der Waals surface area (Å²) in [6.45, 7) is 1.96. The van der Waals surface area contributed by atoms with Crippen LogP contribution in [-0.4, -0.2) is 6.04 Å². The lowest BCUT2D eigenvalue weighted by Gasteiger charge is -1.91. The van der Waals surface area contributed by atoms with Gasteiger partial charge < -0.3 is 5.73 Å². The minimum absolute atomic E-state index is 0.155. The molecule has 0 unspecified atom stereocenters. The third-order valence-electron chi connectivity index (χ3n) is 1.11. The zero-order valence-corrected chi connectivity index (χ0v) is 6.77. The van der Waals surface area contributed by atoms with Crippen LogP contribution in [0.2, 0.25) is 0 Å². The molecule has 10 heavy (non-hydrogen) atoms. The molecule has 0 aliphatic carbocycles. The van der Waals surface area contributed by atoms with Gasteiger partial charge in [-0.1, -0.05) is 12.1 Å². The molecule has 0 spiro atoms. The Bertz CT molecular complexity index is 199. The summed E-state index contributed by atoms with van der Waals surface area (Å²) >= 11 is 1.72. The van der Waals surface area contributed by atoms with Crippen molar-refractivity contribution in [1.29, 1.82) is 0 Å². The standard InChI is InChI=1S/C8H11NS/c1-7(9)4-5-8-3-2-6-10-8/h2-7H,9H2,1H3/b5-4+/t7-/m1/s1. The zero-order chi connectivity index (χ0) is 7.40. The van der Waals surface area contributed by atoms with E-state index in [0.29, 0.717) is 0 Å². The third kappa shape index (κ3) is 2.33. The van der Waals surface area contributed by atoms with Crippen LogP contribution in [0.3, 0.4) is 0 Å². The van der Waals surface area contributed by atoms with Crippen molar-refractivity contribution in [1.82, 2.24) is 0 Å². The fourth-order valence-electron chi connectivity index (χ4n) is 0.633. The second-order valence-corrected chi connectivity index (χ2v) is 3.21. The summed E-state index contributed by atoms with van der Waals surface area (Å²) in [5, 5.41) is 2.06. The maximum Gasteiger partial charge on any atom is 0.0267 e. The first-order valence-corrected chi connectivity index (χ1v) is 4.14. The molecule has 2 heteroatoms. The first-order chi connectivity index (χ1) is 4.79. The van der Waals surface area contributed by atoms with Gasteiger partial charge in [-0.15, -0.1) is 11.3 Å². The van der Waals surface area contributed by atoms with E-state index in [1.165, 1.54) is 4.88 Å². The molecule has 0 aliphatic heterocycles. The number of thiophene rings is 1. The van der Waals surface area contributed by atoms with Gasteiger partial charge in [0.1, 0.15) is 0 Å². The van der Waals surface area contributed by atoms with E-state index in [4.69, 9.17) is 5.73 Å². The van der Waals surface area contributed by atoms with Crippen LogP contribution in [0.4, 0.5) is 0 Å². The Labute approximate surface area is 65.2 Å². The van der Waals surface area contributed by atoms with Gasteiger partial charge in [0.2, 0.25) is 0 Å². The molecule has 1 heterocycles. The highest BCUT2D eigenvalue weighted by Gasteiger charge is 1.86. The van der Waals surface area contributed by atoms with Crippen molar-refractivity contribution in [2.24, 2.45) is 5.73 Å². The molecule has 0 aliphatic rings. The highest BCUT2D eigenvalue weighted by molar-refractivity contribution is 7.10. The number of rotatable bonds is 2. The molecule has 1 aromatic rings. The molecule has 1 nitrogen and oxygen atoms in total. The molecule has 0 radical (unpaired) electrons. The molecule has 2 N–H and O–H groups in total. The zero-order valence-electron chi connectivity index (χ0n) is 5.95. The molecule has 1 rings (SSSR count). The van der Waals surface area contributed by atoms with Crippen molar-refractivity contribution in [3.05, 3.63) is 28.5 Å². The second-order valence-electron chi connectivity index (χ2n) is 2.23. The summed E-state index contributed by atoms with van der Waals surface area (Å²) < 4.78 is 0. The number of hydrogen-bond acceptors (Lipinski definition) is 2. The molecular formula is C8H11NS. The molecule has 0 saturated heterocycles. The molecular weight excluding hydrogens is 142 g/mol. The van der Waals surface area contributed by atoms with Crippen LogP contribution in [0.15, 0.2) is 23.6 Å². The lowest BCUT2D eigenvalue weighted by Crippen LogP contribution is -2.09. The van der Waals surface area contributed by atoms with E-state index in [1.807, 2.05) is 19.1 Å². The Morgan fingerprint density at radius 2 is 2.50 bits per heavy atom. The van der Waals surface area contributed by atoms with Crippen molar-refractivity contribution in [2.45, 2.75) is 13.0 Å². The average Bonchev–Trinajstić information content (AvgIpc) is 2.34. The van der Waals surface area contributed by atoms with Crippen LogP contribution in [0.25, 0.3) is 6.08 Å². The van der Waals surface area contributed by atoms with Gasteiger partial charge in [0.05, 0.1) is 0 Å². The maximum atomic E-state index is 5.53. The Hall–Kier alpha value is -0.600. The molecule has 0 fully saturated rings. The molecule has 0 bridgehead atoms. The lowest BCUT2D eigenvalue weighted by molar-refractivity contribution is 0.931. The van der Waals surface area contributed by atoms with Gasteiger partial charge in [-0.05, 0) is 24.4 Å². The van der Waals surface area contributed by atoms with Gasteiger partial charge in [-0.3, -0.25) is 0 Å².